The van der Waals surface area contributed by atoms with Crippen molar-refractivity contribution in [3.63, 3.8) is 0 Å². The van der Waals surface area contributed by atoms with Crippen molar-refractivity contribution in [1.82, 2.24) is 5.32 Å². The lowest BCUT2D eigenvalue weighted by atomic mass is 10.2. The summed E-state index contributed by atoms with van der Waals surface area (Å²) in [6, 6.07) is 0.353. The Morgan fingerprint density at radius 2 is 1.75 bits per heavy atom. The summed E-state index contributed by atoms with van der Waals surface area (Å²) < 4.78 is 15.5. The van der Waals surface area contributed by atoms with Crippen LogP contribution in [0.1, 0.15) is 13.3 Å². The van der Waals surface area contributed by atoms with Crippen LogP contribution in [0.4, 0.5) is 0 Å². The summed E-state index contributed by atoms with van der Waals surface area (Å²) in [5.74, 6) is 2.61. The molecule has 0 aromatic carbocycles. The van der Waals surface area contributed by atoms with Gasteiger partial charge in [-0.1, -0.05) is 0 Å². The average Bonchev–Trinajstić information content (AvgIpc) is 2.27. The zero-order valence-electron chi connectivity index (χ0n) is 10.3. The van der Waals surface area contributed by atoms with Crippen molar-refractivity contribution in [3.05, 3.63) is 0 Å². The first kappa shape index (κ1) is 15.4. The fraction of sp³-hybridized carbons (Fsp3) is 0.833. The summed E-state index contributed by atoms with van der Waals surface area (Å²) in [6.45, 7) is 6.05. The summed E-state index contributed by atoms with van der Waals surface area (Å²) in [6.07, 6.45) is 5.94. The highest BCUT2D eigenvalue weighted by Gasteiger charge is 1.97. The molecule has 0 amide bonds. The zero-order valence-corrected chi connectivity index (χ0v) is 10.3. The van der Waals surface area contributed by atoms with Crippen LogP contribution in [0.15, 0.2) is 0 Å². The van der Waals surface area contributed by atoms with Crippen LogP contribution in [-0.2, 0) is 14.2 Å². The maximum Gasteiger partial charge on any atom is 0.0701 e. The molecule has 0 bridgehead atoms. The van der Waals surface area contributed by atoms with Gasteiger partial charge < -0.3 is 19.5 Å². The summed E-state index contributed by atoms with van der Waals surface area (Å²) in [5.41, 5.74) is 0. The van der Waals surface area contributed by atoms with E-state index >= 15 is 0 Å². The van der Waals surface area contributed by atoms with Crippen molar-refractivity contribution in [2.24, 2.45) is 0 Å². The van der Waals surface area contributed by atoms with Gasteiger partial charge in [-0.15, -0.1) is 12.3 Å². The van der Waals surface area contributed by atoms with Crippen LogP contribution in [0.2, 0.25) is 0 Å². The maximum absolute atomic E-state index is 5.36. The van der Waals surface area contributed by atoms with E-state index in [9.17, 15) is 0 Å². The van der Waals surface area contributed by atoms with E-state index in [2.05, 4.69) is 18.2 Å². The topological polar surface area (TPSA) is 39.7 Å². The van der Waals surface area contributed by atoms with Gasteiger partial charge in [0.15, 0.2) is 0 Å². The molecule has 0 saturated carbocycles. The van der Waals surface area contributed by atoms with Crippen LogP contribution in [0.3, 0.4) is 0 Å². The molecule has 1 N–H and O–H groups in total. The second kappa shape index (κ2) is 12.5. The number of hydrogen-bond acceptors (Lipinski definition) is 4. The van der Waals surface area contributed by atoms with Crippen LogP contribution in [-0.4, -0.2) is 52.7 Å². The van der Waals surface area contributed by atoms with Gasteiger partial charge in [0.1, 0.15) is 0 Å². The molecule has 0 saturated heterocycles. The number of methoxy groups -OCH3 is 1. The molecule has 0 aliphatic carbocycles. The summed E-state index contributed by atoms with van der Waals surface area (Å²) in [5, 5.41) is 3.27. The molecule has 0 aliphatic rings. The van der Waals surface area contributed by atoms with E-state index in [4.69, 9.17) is 20.6 Å². The fourth-order valence-corrected chi connectivity index (χ4v) is 1.09. The molecule has 0 rings (SSSR count). The quantitative estimate of drug-likeness (QED) is 0.417. The zero-order chi connectivity index (χ0) is 12.1. The molecule has 0 heterocycles. The SMILES string of the molecule is C#CCC(C)NCCOCCOCCOC. The Morgan fingerprint density at radius 1 is 1.12 bits per heavy atom. The molecule has 0 spiro atoms. The minimum atomic E-state index is 0.353. The van der Waals surface area contributed by atoms with E-state index in [0.717, 1.165) is 13.0 Å². The number of nitrogens with one attached hydrogen (secondary N) is 1. The van der Waals surface area contributed by atoms with Gasteiger partial charge in [-0.25, -0.2) is 0 Å². The van der Waals surface area contributed by atoms with Crippen LogP contribution in [0, 0.1) is 12.3 Å². The van der Waals surface area contributed by atoms with Gasteiger partial charge in [-0.2, -0.15) is 0 Å². The Morgan fingerprint density at radius 3 is 2.38 bits per heavy atom. The summed E-state index contributed by atoms with van der Waals surface area (Å²) in [4.78, 5) is 0. The standard InChI is InChI=1S/C12H23NO3/c1-4-5-12(2)13-6-7-15-10-11-16-9-8-14-3/h1,12-13H,5-11H2,2-3H3. The lowest BCUT2D eigenvalue weighted by Gasteiger charge is -2.10. The molecule has 0 radical (unpaired) electrons. The van der Waals surface area contributed by atoms with Gasteiger partial charge in [0.25, 0.3) is 0 Å². The highest BCUT2D eigenvalue weighted by Crippen LogP contribution is 1.86. The van der Waals surface area contributed by atoms with E-state index in [0.29, 0.717) is 39.1 Å². The van der Waals surface area contributed by atoms with Crippen molar-refractivity contribution in [1.29, 1.82) is 0 Å². The molecule has 4 heteroatoms. The van der Waals surface area contributed by atoms with Gasteiger partial charge in [0.2, 0.25) is 0 Å². The van der Waals surface area contributed by atoms with E-state index in [1.54, 1.807) is 7.11 Å². The van der Waals surface area contributed by atoms with Crippen molar-refractivity contribution >= 4 is 0 Å². The molecular formula is C12H23NO3. The molecule has 94 valence electrons. The molecule has 0 fully saturated rings. The van der Waals surface area contributed by atoms with Gasteiger partial charge >= 0.3 is 0 Å². The number of terminal acetylenes is 1. The largest absolute Gasteiger partial charge is 0.382 e. The van der Waals surface area contributed by atoms with E-state index < -0.39 is 0 Å². The molecule has 4 nitrogen and oxygen atoms in total. The Kier molecular flexibility index (Phi) is 12.0. The Bertz CT molecular complexity index is 180. The fourth-order valence-electron chi connectivity index (χ4n) is 1.09. The van der Waals surface area contributed by atoms with Gasteiger partial charge in [-0.3, -0.25) is 0 Å². The summed E-state index contributed by atoms with van der Waals surface area (Å²) in [7, 11) is 1.66. The minimum Gasteiger partial charge on any atom is -0.382 e. The predicted octanol–water partition coefficient (Wildman–Crippen LogP) is 0.667. The molecule has 1 atom stereocenters. The number of rotatable bonds is 11. The van der Waals surface area contributed by atoms with E-state index in [1.165, 1.54) is 0 Å². The van der Waals surface area contributed by atoms with E-state index in [-0.39, 0.29) is 0 Å². The lowest BCUT2D eigenvalue weighted by Crippen LogP contribution is -2.29. The maximum atomic E-state index is 5.36. The highest BCUT2D eigenvalue weighted by molar-refractivity contribution is 4.87. The monoisotopic (exact) mass is 229 g/mol. The first-order chi connectivity index (χ1) is 7.81. The second-order valence-corrected chi connectivity index (χ2v) is 3.48. The number of hydrogen-bond donors (Lipinski definition) is 1. The summed E-state index contributed by atoms with van der Waals surface area (Å²) >= 11 is 0. The normalized spacial score (nSPS) is 12.3. The van der Waals surface area contributed by atoms with Crippen molar-refractivity contribution in [3.8, 4) is 12.3 Å². The second-order valence-electron chi connectivity index (χ2n) is 3.48. The highest BCUT2D eigenvalue weighted by atomic mass is 16.5. The third-order valence-electron chi connectivity index (χ3n) is 1.97. The third kappa shape index (κ3) is 11.5. The van der Waals surface area contributed by atoms with Gasteiger partial charge in [0, 0.05) is 26.1 Å². The molecule has 0 aromatic heterocycles. The molecule has 0 aliphatic heterocycles. The first-order valence-electron chi connectivity index (χ1n) is 5.62. The molecular weight excluding hydrogens is 206 g/mol. The van der Waals surface area contributed by atoms with Crippen molar-refractivity contribution in [2.45, 2.75) is 19.4 Å². The van der Waals surface area contributed by atoms with E-state index in [1.807, 2.05) is 0 Å². The number of ether oxygens (including phenoxy) is 3. The Balaban J connectivity index is 3.01. The first-order valence-corrected chi connectivity index (χ1v) is 5.62. The van der Waals surface area contributed by atoms with Crippen LogP contribution < -0.4 is 5.32 Å². The molecule has 1 unspecified atom stereocenters. The lowest BCUT2D eigenvalue weighted by molar-refractivity contribution is 0.0253. The van der Waals surface area contributed by atoms with Crippen LogP contribution in [0.5, 0.6) is 0 Å². The molecule has 0 aromatic rings. The van der Waals surface area contributed by atoms with Gasteiger partial charge in [0.05, 0.1) is 33.0 Å². The minimum absolute atomic E-state index is 0.353. The van der Waals surface area contributed by atoms with Crippen LogP contribution >= 0.6 is 0 Å². The molecule has 16 heavy (non-hydrogen) atoms. The van der Waals surface area contributed by atoms with Crippen molar-refractivity contribution in [2.75, 3.05) is 46.7 Å². The Hall–Kier alpha value is -0.600. The predicted molar refractivity (Wildman–Crippen MR) is 64.4 cm³/mol. The smallest absolute Gasteiger partial charge is 0.0701 e. The Labute approximate surface area is 98.6 Å². The third-order valence-corrected chi connectivity index (χ3v) is 1.97. The average molecular weight is 229 g/mol. The van der Waals surface area contributed by atoms with Gasteiger partial charge in [-0.05, 0) is 6.92 Å². The van der Waals surface area contributed by atoms with Crippen LogP contribution in [0.25, 0.3) is 0 Å². The van der Waals surface area contributed by atoms with Crippen molar-refractivity contribution < 1.29 is 14.2 Å².